The third-order valence-electron chi connectivity index (χ3n) is 5.09. The maximum Gasteiger partial charge on any atom is 0.105 e. The summed E-state index contributed by atoms with van der Waals surface area (Å²) in [4.78, 5) is 0. The van der Waals surface area contributed by atoms with Gasteiger partial charge in [-0.15, -0.1) is 0 Å². The van der Waals surface area contributed by atoms with Gasteiger partial charge >= 0.3 is 0 Å². The molecule has 25 heavy (non-hydrogen) atoms. The van der Waals surface area contributed by atoms with Crippen molar-refractivity contribution in [2.24, 2.45) is 0 Å². The second kappa shape index (κ2) is 13.3. The summed E-state index contributed by atoms with van der Waals surface area (Å²) >= 11 is 0. The van der Waals surface area contributed by atoms with E-state index in [1.807, 2.05) is 6.07 Å². The molecule has 1 aromatic carbocycles. The standard InChI is InChI=1S/C22H40NO2/c1-3-4-5-6-7-8-9-13-16-22(25)20-23(2,17-18-24)19-21-14-11-10-12-15-21/h10-12,14-15,22,24-25H,3-9,13,16-20H2,1-2H3/q+1. The number of hydrogen-bond donors (Lipinski definition) is 2. The Bertz CT molecular complexity index is 423. The van der Waals surface area contributed by atoms with E-state index in [4.69, 9.17) is 0 Å². The molecule has 0 aromatic heterocycles. The van der Waals surface area contributed by atoms with Crippen molar-refractivity contribution in [3.05, 3.63) is 35.9 Å². The van der Waals surface area contributed by atoms with Crippen LogP contribution in [0.1, 0.15) is 70.3 Å². The summed E-state index contributed by atoms with van der Waals surface area (Å²) in [6.07, 6.45) is 11.0. The molecule has 1 aromatic rings. The molecule has 3 heteroatoms. The second-order valence-corrected chi connectivity index (χ2v) is 7.81. The lowest BCUT2D eigenvalue weighted by molar-refractivity contribution is -0.925. The van der Waals surface area contributed by atoms with Crippen LogP contribution in [0.25, 0.3) is 0 Å². The molecule has 0 aliphatic rings. The molecule has 0 saturated carbocycles. The summed E-state index contributed by atoms with van der Waals surface area (Å²) < 4.78 is 0.693. The predicted octanol–water partition coefficient (Wildman–Crippen LogP) is 4.52. The van der Waals surface area contributed by atoms with Crippen LogP contribution in [0.5, 0.6) is 0 Å². The van der Waals surface area contributed by atoms with Crippen molar-refractivity contribution >= 4 is 0 Å². The fourth-order valence-electron chi connectivity index (χ4n) is 3.61. The smallest absolute Gasteiger partial charge is 0.105 e. The number of benzene rings is 1. The Morgan fingerprint density at radius 3 is 2.12 bits per heavy atom. The lowest BCUT2D eigenvalue weighted by Crippen LogP contribution is -2.49. The van der Waals surface area contributed by atoms with Crippen LogP contribution in [0.4, 0.5) is 0 Å². The molecule has 0 bridgehead atoms. The van der Waals surface area contributed by atoms with Crippen LogP contribution in [0.3, 0.4) is 0 Å². The van der Waals surface area contributed by atoms with Crippen LogP contribution >= 0.6 is 0 Å². The van der Waals surface area contributed by atoms with Crippen LogP contribution < -0.4 is 0 Å². The minimum Gasteiger partial charge on any atom is -0.391 e. The highest BCUT2D eigenvalue weighted by atomic mass is 16.3. The summed E-state index contributed by atoms with van der Waals surface area (Å²) in [5.41, 5.74) is 1.26. The van der Waals surface area contributed by atoms with Gasteiger partial charge in [-0.2, -0.15) is 0 Å². The predicted molar refractivity (Wildman–Crippen MR) is 106 cm³/mol. The normalized spacial score (nSPS) is 15.0. The Hall–Kier alpha value is -0.900. The Morgan fingerprint density at radius 2 is 1.52 bits per heavy atom. The Balaban J connectivity index is 2.27. The van der Waals surface area contributed by atoms with Gasteiger partial charge in [-0.05, 0) is 6.42 Å². The lowest BCUT2D eigenvalue weighted by Gasteiger charge is -2.36. The fourth-order valence-corrected chi connectivity index (χ4v) is 3.61. The molecule has 144 valence electrons. The van der Waals surface area contributed by atoms with E-state index < -0.39 is 0 Å². The third kappa shape index (κ3) is 10.6. The van der Waals surface area contributed by atoms with Crippen molar-refractivity contribution in [2.75, 3.05) is 26.7 Å². The maximum atomic E-state index is 10.5. The molecule has 2 N–H and O–H groups in total. The number of unbranched alkanes of at least 4 members (excludes halogenated alkanes) is 7. The zero-order chi connectivity index (χ0) is 18.4. The highest BCUT2D eigenvalue weighted by molar-refractivity contribution is 5.13. The highest BCUT2D eigenvalue weighted by Gasteiger charge is 2.25. The number of quaternary nitrogens is 1. The number of rotatable bonds is 15. The number of aliphatic hydroxyl groups excluding tert-OH is 2. The van der Waals surface area contributed by atoms with Crippen LogP contribution in [0, 0.1) is 0 Å². The van der Waals surface area contributed by atoms with Gasteiger partial charge in [0, 0.05) is 5.56 Å². The monoisotopic (exact) mass is 350 g/mol. The van der Waals surface area contributed by atoms with Gasteiger partial charge < -0.3 is 14.7 Å². The molecular formula is C22H40NO2+. The first kappa shape index (κ1) is 22.1. The molecule has 1 rings (SSSR count). The molecule has 0 fully saturated rings. The SMILES string of the molecule is CCCCCCCCCCC(O)C[N+](C)(CCO)Cc1ccccc1. The average molecular weight is 351 g/mol. The first-order chi connectivity index (χ1) is 12.1. The molecule has 0 aliphatic heterocycles. The molecule has 3 nitrogen and oxygen atoms in total. The van der Waals surface area contributed by atoms with Crippen molar-refractivity contribution < 1.29 is 14.7 Å². The van der Waals surface area contributed by atoms with Crippen LogP contribution in [-0.4, -0.2) is 47.5 Å². The van der Waals surface area contributed by atoms with Gasteiger partial charge in [0.1, 0.15) is 25.7 Å². The number of hydrogen-bond acceptors (Lipinski definition) is 2. The quantitative estimate of drug-likeness (QED) is 0.361. The topological polar surface area (TPSA) is 40.5 Å². The van der Waals surface area contributed by atoms with Crippen LogP contribution in [0.2, 0.25) is 0 Å². The van der Waals surface area contributed by atoms with Crippen molar-refractivity contribution in [3.8, 4) is 0 Å². The number of likely N-dealkylation sites (N-methyl/N-ethyl adjacent to an activating group) is 1. The third-order valence-corrected chi connectivity index (χ3v) is 5.09. The zero-order valence-corrected chi connectivity index (χ0v) is 16.5. The van der Waals surface area contributed by atoms with Gasteiger partial charge in [0.25, 0.3) is 0 Å². The van der Waals surface area contributed by atoms with E-state index in [1.54, 1.807) is 0 Å². The van der Waals surface area contributed by atoms with Crippen LogP contribution in [-0.2, 0) is 6.54 Å². The summed E-state index contributed by atoms with van der Waals surface area (Å²) in [5, 5.41) is 19.9. The Labute approximate surface area is 155 Å². The number of aliphatic hydroxyl groups is 2. The van der Waals surface area contributed by atoms with Gasteiger partial charge in [-0.1, -0.05) is 88.6 Å². The first-order valence-corrected chi connectivity index (χ1v) is 10.3. The van der Waals surface area contributed by atoms with Gasteiger partial charge in [-0.3, -0.25) is 0 Å². The van der Waals surface area contributed by atoms with E-state index in [2.05, 4.69) is 38.2 Å². The largest absolute Gasteiger partial charge is 0.391 e. The molecule has 0 saturated heterocycles. The van der Waals surface area contributed by atoms with Crippen LogP contribution in [0.15, 0.2) is 30.3 Å². The lowest BCUT2D eigenvalue weighted by atomic mass is 10.0. The average Bonchev–Trinajstić information content (AvgIpc) is 2.58. The van der Waals surface area contributed by atoms with E-state index in [0.717, 1.165) is 19.4 Å². The van der Waals surface area contributed by atoms with Gasteiger partial charge in [0.15, 0.2) is 0 Å². The zero-order valence-electron chi connectivity index (χ0n) is 16.5. The fraction of sp³-hybridized carbons (Fsp3) is 0.727. The summed E-state index contributed by atoms with van der Waals surface area (Å²) in [6, 6.07) is 10.4. The van der Waals surface area contributed by atoms with E-state index in [-0.39, 0.29) is 12.7 Å². The molecule has 0 radical (unpaired) electrons. The van der Waals surface area contributed by atoms with Gasteiger partial charge in [0.2, 0.25) is 0 Å². The van der Waals surface area contributed by atoms with Crippen molar-refractivity contribution in [1.29, 1.82) is 0 Å². The molecule has 2 atom stereocenters. The van der Waals surface area contributed by atoms with E-state index in [9.17, 15) is 10.2 Å². The molecular weight excluding hydrogens is 310 g/mol. The molecule has 0 aliphatic carbocycles. The van der Waals surface area contributed by atoms with Gasteiger partial charge in [0.05, 0.1) is 13.7 Å². The van der Waals surface area contributed by atoms with Crippen molar-refractivity contribution in [3.63, 3.8) is 0 Å². The summed E-state index contributed by atoms with van der Waals surface area (Å²) in [6.45, 7) is 4.67. The minimum atomic E-state index is -0.277. The highest BCUT2D eigenvalue weighted by Crippen LogP contribution is 2.16. The number of nitrogens with zero attached hydrogens (tertiary/aromatic N) is 1. The Morgan fingerprint density at radius 1 is 0.920 bits per heavy atom. The first-order valence-electron chi connectivity index (χ1n) is 10.3. The Kier molecular flexibility index (Phi) is 11.8. The van der Waals surface area contributed by atoms with E-state index >= 15 is 0 Å². The molecule has 2 unspecified atom stereocenters. The van der Waals surface area contributed by atoms with E-state index in [0.29, 0.717) is 17.6 Å². The van der Waals surface area contributed by atoms with Crippen molar-refractivity contribution in [1.82, 2.24) is 0 Å². The summed E-state index contributed by atoms with van der Waals surface area (Å²) in [7, 11) is 2.14. The van der Waals surface area contributed by atoms with E-state index in [1.165, 1.54) is 50.5 Å². The second-order valence-electron chi connectivity index (χ2n) is 7.81. The van der Waals surface area contributed by atoms with Crippen molar-refractivity contribution in [2.45, 2.75) is 77.4 Å². The maximum absolute atomic E-state index is 10.5. The van der Waals surface area contributed by atoms with Gasteiger partial charge in [-0.25, -0.2) is 0 Å². The molecule has 0 spiro atoms. The minimum absolute atomic E-state index is 0.161. The molecule has 0 heterocycles. The summed E-state index contributed by atoms with van der Waals surface area (Å²) in [5.74, 6) is 0. The molecule has 0 amide bonds.